The molecule has 0 aliphatic carbocycles. The quantitative estimate of drug-likeness (QED) is 0.703. The van der Waals surface area contributed by atoms with E-state index in [0.29, 0.717) is 36.7 Å². The maximum atomic E-state index is 12.5. The summed E-state index contributed by atoms with van der Waals surface area (Å²) in [6.07, 6.45) is -0.425. The summed E-state index contributed by atoms with van der Waals surface area (Å²) in [5.41, 5.74) is 2.13. The normalized spacial score (nSPS) is 19.0. The molecule has 3 rings (SSSR count). The fourth-order valence-corrected chi connectivity index (χ4v) is 2.88. The van der Waals surface area contributed by atoms with Gasteiger partial charge in [0, 0.05) is 25.6 Å². The Morgan fingerprint density at radius 2 is 2.15 bits per heavy atom. The molecule has 2 heterocycles. The van der Waals surface area contributed by atoms with Crippen molar-refractivity contribution in [2.45, 2.75) is 26.6 Å². The van der Waals surface area contributed by atoms with E-state index in [1.54, 1.807) is 18.2 Å². The highest BCUT2D eigenvalue weighted by Crippen LogP contribution is 2.21. The molecule has 7 nitrogen and oxygen atoms in total. The van der Waals surface area contributed by atoms with E-state index in [1.807, 2.05) is 19.9 Å². The number of aromatic nitrogens is 1. The van der Waals surface area contributed by atoms with Crippen LogP contribution in [-0.4, -0.2) is 41.9 Å². The number of nitrogens with zero attached hydrogens (tertiary/aromatic N) is 1. The lowest BCUT2D eigenvalue weighted by molar-refractivity contribution is 0.0922. The average Bonchev–Trinajstić information content (AvgIpc) is 3.16. The van der Waals surface area contributed by atoms with Crippen LogP contribution >= 0.6 is 12.4 Å². The first-order valence-corrected chi connectivity index (χ1v) is 8.37. The van der Waals surface area contributed by atoms with E-state index >= 15 is 0 Å². The molecule has 1 fully saturated rings. The number of carbonyl (C=O) groups is 1. The van der Waals surface area contributed by atoms with E-state index in [1.165, 1.54) is 0 Å². The maximum Gasteiger partial charge on any atom is 0.255 e. The molecule has 2 unspecified atom stereocenters. The average molecular weight is 382 g/mol. The second kappa shape index (κ2) is 9.02. The summed E-state index contributed by atoms with van der Waals surface area (Å²) in [5.74, 6) is 1.03. The van der Waals surface area contributed by atoms with Gasteiger partial charge in [0.1, 0.15) is 18.1 Å². The van der Waals surface area contributed by atoms with Crippen molar-refractivity contribution in [3.63, 3.8) is 0 Å². The first kappa shape index (κ1) is 20.2. The Labute approximate surface area is 158 Å². The minimum atomic E-state index is -0.425. The number of carbonyl (C=O) groups excluding carboxylic acids is 1. The number of amides is 1. The van der Waals surface area contributed by atoms with Gasteiger partial charge in [-0.15, -0.1) is 12.4 Å². The van der Waals surface area contributed by atoms with Gasteiger partial charge in [0.25, 0.3) is 5.91 Å². The third-order valence-electron chi connectivity index (χ3n) is 4.51. The maximum absolute atomic E-state index is 12.5. The van der Waals surface area contributed by atoms with E-state index in [2.05, 4.69) is 15.8 Å². The summed E-state index contributed by atoms with van der Waals surface area (Å²) in [6, 6.07) is 7.11. The molecule has 0 radical (unpaired) electrons. The number of β-amino-alcohol motifs (C(OH)–C–C–N with tert-alkyl or cyclic N) is 1. The number of aliphatic hydroxyl groups excluding tert-OH is 1. The van der Waals surface area contributed by atoms with Crippen LogP contribution in [0.1, 0.15) is 27.4 Å². The summed E-state index contributed by atoms with van der Waals surface area (Å²) < 4.78 is 11.0. The number of benzene rings is 1. The molecule has 3 N–H and O–H groups in total. The van der Waals surface area contributed by atoms with Crippen molar-refractivity contribution in [3.8, 4) is 5.75 Å². The zero-order chi connectivity index (χ0) is 17.8. The minimum absolute atomic E-state index is 0. The fourth-order valence-electron chi connectivity index (χ4n) is 2.88. The predicted octanol–water partition coefficient (Wildman–Crippen LogP) is 1.60. The zero-order valence-electron chi connectivity index (χ0n) is 14.8. The van der Waals surface area contributed by atoms with Gasteiger partial charge < -0.3 is 25.0 Å². The number of hydrogen-bond acceptors (Lipinski definition) is 6. The lowest BCUT2D eigenvalue weighted by Crippen LogP contribution is -2.34. The molecule has 1 amide bonds. The van der Waals surface area contributed by atoms with E-state index in [4.69, 9.17) is 9.26 Å². The van der Waals surface area contributed by atoms with Gasteiger partial charge >= 0.3 is 0 Å². The molecular formula is C18H24ClN3O4. The second-order valence-corrected chi connectivity index (χ2v) is 6.28. The predicted molar refractivity (Wildman–Crippen MR) is 98.7 cm³/mol. The molecule has 1 aliphatic rings. The summed E-state index contributed by atoms with van der Waals surface area (Å²) >= 11 is 0. The number of hydrogen-bond donors (Lipinski definition) is 3. The van der Waals surface area contributed by atoms with Crippen molar-refractivity contribution < 1.29 is 19.2 Å². The lowest BCUT2D eigenvalue weighted by Gasteiger charge is -2.15. The monoisotopic (exact) mass is 381 g/mol. The molecular weight excluding hydrogens is 358 g/mol. The number of rotatable bonds is 6. The van der Waals surface area contributed by atoms with Crippen LogP contribution in [-0.2, 0) is 6.61 Å². The fraction of sp³-hybridized carbons (Fsp3) is 0.444. The first-order valence-electron chi connectivity index (χ1n) is 8.37. The van der Waals surface area contributed by atoms with Crippen LogP contribution in [0.15, 0.2) is 28.8 Å². The molecule has 26 heavy (non-hydrogen) atoms. The molecule has 2 aromatic rings. The Morgan fingerprint density at radius 3 is 2.81 bits per heavy atom. The third kappa shape index (κ3) is 4.55. The zero-order valence-corrected chi connectivity index (χ0v) is 15.6. The molecule has 1 aromatic heterocycles. The van der Waals surface area contributed by atoms with E-state index in [-0.39, 0.29) is 30.8 Å². The van der Waals surface area contributed by atoms with E-state index in [9.17, 15) is 9.90 Å². The van der Waals surface area contributed by atoms with Crippen LogP contribution in [0, 0.1) is 19.8 Å². The van der Waals surface area contributed by atoms with Gasteiger partial charge in [-0.3, -0.25) is 4.79 Å². The molecule has 142 valence electrons. The Kier molecular flexibility index (Phi) is 7.02. The third-order valence-corrected chi connectivity index (χ3v) is 4.51. The molecule has 8 heteroatoms. The van der Waals surface area contributed by atoms with Gasteiger partial charge in [0.05, 0.1) is 22.9 Å². The largest absolute Gasteiger partial charge is 0.488 e. The molecule has 0 spiro atoms. The minimum Gasteiger partial charge on any atom is -0.488 e. The van der Waals surface area contributed by atoms with Crippen LogP contribution in [0.3, 0.4) is 0 Å². The van der Waals surface area contributed by atoms with Crippen molar-refractivity contribution in [1.82, 2.24) is 15.8 Å². The van der Waals surface area contributed by atoms with E-state index < -0.39 is 6.10 Å². The highest BCUT2D eigenvalue weighted by molar-refractivity contribution is 5.96. The van der Waals surface area contributed by atoms with Crippen molar-refractivity contribution in [3.05, 3.63) is 46.8 Å². The van der Waals surface area contributed by atoms with Crippen LogP contribution in [0.4, 0.5) is 0 Å². The van der Waals surface area contributed by atoms with Gasteiger partial charge in [-0.2, -0.15) is 0 Å². The Morgan fingerprint density at radius 1 is 1.38 bits per heavy atom. The second-order valence-electron chi connectivity index (χ2n) is 6.28. The standard InChI is InChI=1S/C18H23N3O4.ClH/c1-11-15(12(2)25-21-11)10-24-17-6-4-3-5-14(17)18(23)20-8-13-7-19-9-16(13)22;/h3-6,13,16,19,22H,7-10H2,1-2H3,(H,20,23);1H. The SMILES string of the molecule is Cc1noc(C)c1COc1ccccc1C(=O)NCC1CNCC1O.Cl. The van der Waals surface area contributed by atoms with Crippen molar-refractivity contribution in [1.29, 1.82) is 0 Å². The number of aliphatic hydroxyl groups is 1. The summed E-state index contributed by atoms with van der Waals surface area (Å²) in [7, 11) is 0. The van der Waals surface area contributed by atoms with Crippen LogP contribution in [0.25, 0.3) is 0 Å². The molecule has 1 aromatic carbocycles. The number of ether oxygens (including phenoxy) is 1. The van der Waals surface area contributed by atoms with Crippen LogP contribution in [0.2, 0.25) is 0 Å². The van der Waals surface area contributed by atoms with E-state index in [0.717, 1.165) is 11.3 Å². The highest BCUT2D eigenvalue weighted by Gasteiger charge is 2.25. The molecule has 1 aliphatic heterocycles. The first-order chi connectivity index (χ1) is 12.1. The molecule has 1 saturated heterocycles. The Balaban J connectivity index is 0.00000243. The number of halogens is 1. The van der Waals surface area contributed by atoms with Crippen LogP contribution < -0.4 is 15.4 Å². The molecule has 0 bridgehead atoms. The Hall–Kier alpha value is -2.09. The number of nitrogens with one attached hydrogen (secondary N) is 2. The van der Waals surface area contributed by atoms with Crippen LogP contribution in [0.5, 0.6) is 5.75 Å². The smallest absolute Gasteiger partial charge is 0.255 e. The summed E-state index contributed by atoms with van der Waals surface area (Å²) in [4.78, 5) is 12.5. The van der Waals surface area contributed by atoms with Gasteiger partial charge in [0.15, 0.2) is 0 Å². The number of para-hydroxylation sites is 1. The number of aryl methyl sites for hydroxylation is 2. The van der Waals surface area contributed by atoms with Crippen molar-refractivity contribution in [2.24, 2.45) is 5.92 Å². The highest BCUT2D eigenvalue weighted by atomic mass is 35.5. The van der Waals surface area contributed by atoms with Crippen molar-refractivity contribution in [2.75, 3.05) is 19.6 Å². The Bertz CT molecular complexity index is 730. The van der Waals surface area contributed by atoms with Gasteiger partial charge in [-0.05, 0) is 26.0 Å². The van der Waals surface area contributed by atoms with Gasteiger partial charge in [-0.1, -0.05) is 17.3 Å². The molecule has 0 saturated carbocycles. The van der Waals surface area contributed by atoms with Gasteiger partial charge in [0.2, 0.25) is 0 Å². The van der Waals surface area contributed by atoms with Crippen molar-refractivity contribution >= 4 is 18.3 Å². The summed E-state index contributed by atoms with van der Waals surface area (Å²) in [5, 5.41) is 19.7. The lowest BCUT2D eigenvalue weighted by atomic mass is 10.1. The molecule has 2 atom stereocenters. The topological polar surface area (TPSA) is 96.6 Å². The summed E-state index contributed by atoms with van der Waals surface area (Å²) in [6.45, 7) is 5.66. The van der Waals surface area contributed by atoms with Gasteiger partial charge in [-0.25, -0.2) is 0 Å².